The van der Waals surface area contributed by atoms with E-state index in [9.17, 15) is 14.3 Å². The van der Waals surface area contributed by atoms with Gasteiger partial charge in [-0.1, -0.05) is 69.1 Å². The Kier molecular flexibility index (Phi) is 22.6. The SMILES string of the molecule is CC/C=C\C/C=C\C/C=C\CCCCCCCCOCC(COP(=O)(O)OCCN)OC(C)=O. The van der Waals surface area contributed by atoms with Gasteiger partial charge in [0.1, 0.15) is 6.10 Å². The summed E-state index contributed by atoms with van der Waals surface area (Å²) in [5, 5.41) is 0. The monoisotopic (exact) mass is 503 g/mol. The van der Waals surface area contributed by atoms with Gasteiger partial charge in [0, 0.05) is 20.1 Å². The maximum atomic E-state index is 11.7. The molecule has 0 heterocycles. The third-order valence-corrected chi connectivity index (χ3v) is 5.61. The molecule has 9 heteroatoms. The second-order valence-corrected chi connectivity index (χ2v) is 9.35. The van der Waals surface area contributed by atoms with Gasteiger partial charge in [-0.3, -0.25) is 13.8 Å². The molecule has 0 aromatic carbocycles. The van der Waals surface area contributed by atoms with Crippen molar-refractivity contribution < 1.29 is 32.8 Å². The van der Waals surface area contributed by atoms with Gasteiger partial charge in [0.15, 0.2) is 0 Å². The lowest BCUT2D eigenvalue weighted by molar-refractivity contribution is -0.151. The summed E-state index contributed by atoms with van der Waals surface area (Å²) in [6, 6.07) is 0. The Morgan fingerprint density at radius 1 is 0.882 bits per heavy atom. The van der Waals surface area contributed by atoms with E-state index in [-0.39, 0.29) is 26.4 Å². The molecule has 0 saturated carbocycles. The summed E-state index contributed by atoms with van der Waals surface area (Å²) < 4.78 is 31.8. The molecule has 2 unspecified atom stereocenters. The van der Waals surface area contributed by atoms with Gasteiger partial charge >= 0.3 is 13.8 Å². The van der Waals surface area contributed by atoms with Gasteiger partial charge < -0.3 is 20.1 Å². The number of carbonyl (C=O) groups excluding carboxylic acids is 1. The molecule has 0 amide bonds. The van der Waals surface area contributed by atoms with Crippen molar-refractivity contribution in [2.45, 2.75) is 84.2 Å². The van der Waals surface area contributed by atoms with Crippen molar-refractivity contribution in [2.75, 3.05) is 33.0 Å². The first kappa shape index (κ1) is 32.7. The number of phosphoric acid groups is 1. The zero-order valence-electron chi connectivity index (χ0n) is 21.1. The van der Waals surface area contributed by atoms with Crippen LogP contribution in [-0.2, 0) is 27.9 Å². The minimum absolute atomic E-state index is 0.0907. The number of ether oxygens (including phenoxy) is 2. The predicted octanol–water partition coefficient (Wildman–Crippen LogP) is 5.62. The second-order valence-electron chi connectivity index (χ2n) is 7.90. The molecule has 0 bridgehead atoms. The Hall–Kier alpha value is -1.28. The predicted molar refractivity (Wildman–Crippen MR) is 136 cm³/mol. The minimum Gasteiger partial charge on any atom is -0.458 e. The molecule has 0 spiro atoms. The molecule has 0 aromatic heterocycles. The fourth-order valence-corrected chi connectivity index (χ4v) is 3.71. The molecule has 34 heavy (non-hydrogen) atoms. The molecule has 0 rings (SSSR count). The van der Waals surface area contributed by atoms with Gasteiger partial charge in [-0.25, -0.2) is 4.57 Å². The van der Waals surface area contributed by atoms with Crippen molar-refractivity contribution in [2.24, 2.45) is 5.73 Å². The maximum Gasteiger partial charge on any atom is 0.472 e. The molecule has 2 atom stereocenters. The minimum atomic E-state index is -4.22. The first-order chi connectivity index (χ1) is 16.4. The Morgan fingerprint density at radius 3 is 2.15 bits per heavy atom. The Balaban J connectivity index is 3.72. The number of phosphoric ester groups is 1. The quantitative estimate of drug-likeness (QED) is 0.0799. The van der Waals surface area contributed by atoms with E-state index in [1.807, 2.05) is 0 Å². The molecule has 8 nitrogen and oxygen atoms in total. The number of unbranched alkanes of at least 4 members (excludes halogenated alkanes) is 6. The molecule has 0 aliphatic heterocycles. The highest BCUT2D eigenvalue weighted by Gasteiger charge is 2.24. The van der Waals surface area contributed by atoms with Crippen LogP contribution in [0.25, 0.3) is 0 Å². The van der Waals surface area contributed by atoms with Crippen molar-refractivity contribution >= 4 is 13.8 Å². The largest absolute Gasteiger partial charge is 0.472 e. The highest BCUT2D eigenvalue weighted by atomic mass is 31.2. The molecule has 0 saturated heterocycles. The lowest BCUT2D eigenvalue weighted by Gasteiger charge is -2.19. The topological polar surface area (TPSA) is 117 Å². The van der Waals surface area contributed by atoms with Gasteiger partial charge in [0.05, 0.1) is 19.8 Å². The van der Waals surface area contributed by atoms with Gasteiger partial charge in [-0.15, -0.1) is 0 Å². The van der Waals surface area contributed by atoms with E-state index in [0.717, 1.165) is 44.9 Å². The maximum absolute atomic E-state index is 11.7. The van der Waals surface area contributed by atoms with E-state index in [0.29, 0.717) is 6.61 Å². The number of hydrogen-bond donors (Lipinski definition) is 2. The van der Waals surface area contributed by atoms with Crippen LogP contribution < -0.4 is 5.73 Å². The highest BCUT2D eigenvalue weighted by Crippen LogP contribution is 2.43. The molecular formula is C25H46NO7P. The second kappa shape index (κ2) is 23.5. The molecule has 0 aromatic rings. The third kappa shape index (κ3) is 23.9. The van der Waals surface area contributed by atoms with Crippen LogP contribution in [0.3, 0.4) is 0 Å². The van der Waals surface area contributed by atoms with Crippen LogP contribution in [-0.4, -0.2) is 49.9 Å². The zero-order chi connectivity index (χ0) is 25.3. The summed E-state index contributed by atoms with van der Waals surface area (Å²) in [4.78, 5) is 20.7. The van der Waals surface area contributed by atoms with Crippen LogP contribution in [0.5, 0.6) is 0 Å². The van der Waals surface area contributed by atoms with Crippen molar-refractivity contribution in [1.29, 1.82) is 0 Å². The number of nitrogens with two attached hydrogens (primary N) is 1. The van der Waals surface area contributed by atoms with Crippen LogP contribution in [0.15, 0.2) is 36.5 Å². The number of allylic oxidation sites excluding steroid dienone is 6. The van der Waals surface area contributed by atoms with Crippen LogP contribution in [0.2, 0.25) is 0 Å². The first-order valence-electron chi connectivity index (χ1n) is 12.4. The van der Waals surface area contributed by atoms with Gasteiger partial charge in [-0.05, 0) is 38.5 Å². The Bertz CT molecular complexity index is 622. The smallest absolute Gasteiger partial charge is 0.458 e. The normalized spacial score (nSPS) is 14.8. The fraction of sp³-hybridized carbons (Fsp3) is 0.720. The average molecular weight is 504 g/mol. The summed E-state index contributed by atoms with van der Waals surface area (Å²) in [6.45, 7) is 3.72. The van der Waals surface area contributed by atoms with Gasteiger partial charge in [0.2, 0.25) is 0 Å². The summed E-state index contributed by atoms with van der Waals surface area (Å²) in [5.74, 6) is -0.515. The van der Waals surface area contributed by atoms with Crippen molar-refractivity contribution in [3.63, 3.8) is 0 Å². The van der Waals surface area contributed by atoms with E-state index in [4.69, 9.17) is 19.7 Å². The number of esters is 1. The standard InChI is InChI=1S/C25H46NO7P/c1-3-4-5-6-7-8-9-10-11-12-13-14-15-16-17-18-20-30-22-25(33-24(2)27)23-32-34(28,29)31-21-19-26/h4-5,7-8,10-11,25H,3,6,9,12-23,26H2,1-2H3,(H,28,29)/b5-4-,8-7-,11-10-. The molecular weight excluding hydrogens is 457 g/mol. The molecule has 3 N–H and O–H groups in total. The Morgan fingerprint density at radius 2 is 1.50 bits per heavy atom. The van der Waals surface area contributed by atoms with E-state index in [1.54, 1.807) is 0 Å². The molecule has 0 aliphatic rings. The summed E-state index contributed by atoms with van der Waals surface area (Å²) in [5.41, 5.74) is 5.23. The van der Waals surface area contributed by atoms with Crippen LogP contribution >= 0.6 is 7.82 Å². The van der Waals surface area contributed by atoms with Crippen molar-refractivity contribution in [1.82, 2.24) is 0 Å². The first-order valence-corrected chi connectivity index (χ1v) is 13.9. The van der Waals surface area contributed by atoms with Crippen molar-refractivity contribution in [3.8, 4) is 0 Å². The lowest BCUT2D eigenvalue weighted by Crippen LogP contribution is -2.27. The molecule has 0 fully saturated rings. The van der Waals surface area contributed by atoms with E-state index in [2.05, 4.69) is 47.9 Å². The van der Waals surface area contributed by atoms with Crippen LogP contribution in [0.4, 0.5) is 0 Å². The van der Waals surface area contributed by atoms with Crippen molar-refractivity contribution in [3.05, 3.63) is 36.5 Å². The molecule has 0 aliphatic carbocycles. The number of rotatable bonds is 23. The number of carbonyl (C=O) groups is 1. The molecule has 198 valence electrons. The number of hydrogen-bond acceptors (Lipinski definition) is 7. The van der Waals surface area contributed by atoms with Gasteiger partial charge in [-0.2, -0.15) is 0 Å². The van der Waals surface area contributed by atoms with Crippen LogP contribution in [0, 0.1) is 0 Å². The van der Waals surface area contributed by atoms with Gasteiger partial charge in [0.25, 0.3) is 0 Å². The fourth-order valence-electron chi connectivity index (χ4n) is 2.95. The summed E-state index contributed by atoms with van der Waals surface area (Å²) >= 11 is 0. The average Bonchev–Trinajstić information content (AvgIpc) is 2.80. The van der Waals surface area contributed by atoms with E-state index >= 15 is 0 Å². The van der Waals surface area contributed by atoms with Crippen LogP contribution in [0.1, 0.15) is 78.1 Å². The third-order valence-electron chi connectivity index (χ3n) is 4.62. The summed E-state index contributed by atoms with van der Waals surface area (Å²) in [6.07, 6.45) is 23.6. The molecule has 0 radical (unpaired) electrons. The Labute approximate surface area is 206 Å². The highest BCUT2D eigenvalue weighted by molar-refractivity contribution is 7.47. The summed E-state index contributed by atoms with van der Waals surface area (Å²) in [7, 11) is -4.22. The van der Waals surface area contributed by atoms with E-state index < -0.39 is 19.9 Å². The zero-order valence-corrected chi connectivity index (χ0v) is 22.0. The van der Waals surface area contributed by atoms with E-state index in [1.165, 1.54) is 26.2 Å². The lowest BCUT2D eigenvalue weighted by atomic mass is 10.1.